The van der Waals surface area contributed by atoms with Crippen LogP contribution in [0.15, 0.2) is 0 Å². The first-order valence-electron chi connectivity index (χ1n) is 7.18. The largest absolute Gasteiger partial charge is 0.467 e. The number of thioether (sulfide) groups is 2. The predicted molar refractivity (Wildman–Crippen MR) is 93.9 cm³/mol. The molecular formula is C14H27NO3S3. The summed E-state index contributed by atoms with van der Waals surface area (Å²) in [4.78, 5) is 12.4. The first-order valence-corrected chi connectivity index (χ1v) is 10.3. The maximum absolute atomic E-state index is 12.5. The predicted octanol–water partition coefficient (Wildman–Crippen LogP) is 2.80. The van der Waals surface area contributed by atoms with Crippen molar-refractivity contribution in [1.29, 1.82) is 0 Å². The molecule has 124 valence electrons. The van der Waals surface area contributed by atoms with Gasteiger partial charge in [-0.1, -0.05) is 13.8 Å². The monoisotopic (exact) mass is 353 g/mol. The van der Waals surface area contributed by atoms with Crippen LogP contribution in [0.5, 0.6) is 0 Å². The maximum Gasteiger partial charge on any atom is 0.333 e. The Balaban J connectivity index is 3.04. The van der Waals surface area contributed by atoms with Crippen molar-refractivity contribution < 1.29 is 13.7 Å². The third kappa shape index (κ3) is 4.88. The molecule has 21 heavy (non-hydrogen) atoms. The minimum atomic E-state index is -1.21. The van der Waals surface area contributed by atoms with Gasteiger partial charge in [-0.15, -0.1) is 23.5 Å². The number of hydrogen-bond acceptors (Lipinski definition) is 5. The molecular weight excluding hydrogens is 326 g/mol. The molecule has 4 nitrogen and oxygen atoms in total. The van der Waals surface area contributed by atoms with Gasteiger partial charge in [0.05, 0.1) is 28.9 Å². The molecule has 2 atom stereocenters. The molecule has 0 amide bonds. The lowest BCUT2D eigenvalue weighted by atomic mass is 10.0. The van der Waals surface area contributed by atoms with Crippen LogP contribution in [0.2, 0.25) is 0 Å². The lowest BCUT2D eigenvalue weighted by molar-refractivity contribution is -0.141. The number of esters is 1. The average Bonchev–Trinajstić information content (AvgIpc) is 2.85. The Labute approximate surface area is 139 Å². The van der Waals surface area contributed by atoms with Crippen molar-refractivity contribution in [2.24, 2.45) is 5.92 Å². The SMILES string of the molecule is COC(=O)C1(C(CC(C)C)NS(=O)C(C)(C)C)SCCS1. The van der Waals surface area contributed by atoms with Crippen LogP contribution in [0.1, 0.15) is 41.0 Å². The summed E-state index contributed by atoms with van der Waals surface area (Å²) in [6.07, 6.45) is 0.789. The van der Waals surface area contributed by atoms with E-state index in [1.54, 1.807) is 23.5 Å². The molecule has 1 N–H and O–H groups in total. The maximum atomic E-state index is 12.5. The van der Waals surface area contributed by atoms with Gasteiger partial charge in [-0.3, -0.25) is 0 Å². The minimum absolute atomic E-state index is 0.164. The fraction of sp³-hybridized carbons (Fsp3) is 0.929. The topological polar surface area (TPSA) is 55.4 Å². The number of nitrogens with one attached hydrogen (secondary N) is 1. The second-order valence-corrected chi connectivity index (χ2v) is 11.5. The van der Waals surface area contributed by atoms with E-state index in [0.717, 1.165) is 17.9 Å². The van der Waals surface area contributed by atoms with Gasteiger partial charge in [0.25, 0.3) is 0 Å². The van der Waals surface area contributed by atoms with Crippen LogP contribution in [0.25, 0.3) is 0 Å². The number of methoxy groups -OCH3 is 1. The second-order valence-electron chi connectivity index (χ2n) is 6.54. The van der Waals surface area contributed by atoms with Crippen LogP contribution in [0.4, 0.5) is 0 Å². The zero-order valence-electron chi connectivity index (χ0n) is 13.7. The molecule has 0 bridgehead atoms. The fourth-order valence-corrected chi connectivity index (χ4v) is 6.35. The molecule has 0 aliphatic carbocycles. The van der Waals surface area contributed by atoms with E-state index < -0.39 is 15.1 Å². The van der Waals surface area contributed by atoms with Crippen molar-refractivity contribution in [2.45, 2.75) is 55.9 Å². The molecule has 0 spiro atoms. The summed E-state index contributed by atoms with van der Waals surface area (Å²) in [7, 11) is 0.219. The standard InChI is InChI=1S/C14H27NO3S3/c1-10(2)9-11(15-21(17)13(3,4)5)14(12(16)18-6)19-7-8-20-14/h10-11,15H,7-9H2,1-6H3. The molecule has 0 aromatic carbocycles. The van der Waals surface area contributed by atoms with Gasteiger partial charge in [-0.2, -0.15) is 0 Å². The van der Waals surface area contributed by atoms with E-state index in [9.17, 15) is 9.00 Å². The molecule has 1 aliphatic rings. The molecule has 0 aromatic rings. The summed E-state index contributed by atoms with van der Waals surface area (Å²) in [6, 6.07) is -0.164. The van der Waals surface area contributed by atoms with E-state index in [2.05, 4.69) is 18.6 Å². The van der Waals surface area contributed by atoms with Crippen molar-refractivity contribution in [3.63, 3.8) is 0 Å². The van der Waals surface area contributed by atoms with Crippen molar-refractivity contribution in [2.75, 3.05) is 18.6 Å². The lowest BCUT2D eigenvalue weighted by Crippen LogP contribution is -2.54. The van der Waals surface area contributed by atoms with Crippen LogP contribution in [0, 0.1) is 5.92 Å². The van der Waals surface area contributed by atoms with Crippen molar-refractivity contribution in [3.8, 4) is 0 Å². The Bertz CT molecular complexity index is 387. The van der Waals surface area contributed by atoms with Crippen molar-refractivity contribution in [1.82, 2.24) is 4.72 Å². The van der Waals surface area contributed by atoms with E-state index in [0.29, 0.717) is 5.92 Å². The molecule has 0 aromatic heterocycles. The summed E-state index contributed by atoms with van der Waals surface area (Å²) in [5.41, 5.74) is 0. The van der Waals surface area contributed by atoms with Gasteiger partial charge in [-0.05, 0) is 33.1 Å². The van der Waals surface area contributed by atoms with E-state index in [-0.39, 0.29) is 16.8 Å². The van der Waals surface area contributed by atoms with Crippen LogP contribution in [-0.2, 0) is 20.5 Å². The van der Waals surface area contributed by atoms with Gasteiger partial charge in [-0.25, -0.2) is 13.7 Å². The van der Waals surface area contributed by atoms with Crippen LogP contribution in [0.3, 0.4) is 0 Å². The van der Waals surface area contributed by atoms with E-state index in [1.807, 2.05) is 20.8 Å². The molecule has 1 rings (SSSR count). The molecule has 7 heteroatoms. The molecule has 1 heterocycles. The minimum Gasteiger partial charge on any atom is -0.467 e. The van der Waals surface area contributed by atoms with Gasteiger partial charge in [0.2, 0.25) is 0 Å². The molecule has 1 aliphatic heterocycles. The highest BCUT2D eigenvalue weighted by Gasteiger charge is 2.51. The molecule has 2 unspecified atom stereocenters. The Morgan fingerprint density at radius 2 is 1.86 bits per heavy atom. The number of rotatable bonds is 6. The summed E-state index contributed by atoms with van der Waals surface area (Å²) >= 11 is 3.23. The molecule has 1 fully saturated rings. The Hall–Kier alpha value is 0.280. The molecule has 1 saturated heterocycles. The highest BCUT2D eigenvalue weighted by atomic mass is 32.2. The molecule has 0 saturated carbocycles. The van der Waals surface area contributed by atoms with Crippen molar-refractivity contribution in [3.05, 3.63) is 0 Å². The van der Waals surface area contributed by atoms with Gasteiger partial charge < -0.3 is 4.74 Å². The normalized spacial score (nSPS) is 21.3. The van der Waals surface area contributed by atoms with Crippen LogP contribution in [-0.4, -0.2) is 43.7 Å². The summed E-state index contributed by atoms with van der Waals surface area (Å²) in [5, 5.41) is 0. The Kier molecular flexibility index (Phi) is 7.09. The number of ether oxygens (including phenoxy) is 1. The summed E-state index contributed by atoms with van der Waals surface area (Å²) < 4.78 is 19.7. The van der Waals surface area contributed by atoms with Crippen molar-refractivity contribution >= 4 is 40.5 Å². The summed E-state index contributed by atoms with van der Waals surface area (Å²) in [5.74, 6) is 2.01. The highest BCUT2D eigenvalue weighted by Crippen LogP contribution is 2.48. The third-order valence-electron chi connectivity index (χ3n) is 3.16. The lowest BCUT2D eigenvalue weighted by Gasteiger charge is -2.36. The van der Waals surface area contributed by atoms with E-state index >= 15 is 0 Å². The van der Waals surface area contributed by atoms with Gasteiger partial charge in [0, 0.05) is 11.5 Å². The fourth-order valence-electron chi connectivity index (χ4n) is 2.09. The number of carbonyl (C=O) groups is 1. The van der Waals surface area contributed by atoms with Gasteiger partial charge in [0.15, 0.2) is 4.08 Å². The number of carbonyl (C=O) groups excluding carboxylic acids is 1. The molecule has 0 radical (unpaired) electrons. The quantitative estimate of drug-likeness (QED) is 0.744. The summed E-state index contributed by atoms with van der Waals surface area (Å²) in [6.45, 7) is 10.0. The smallest absolute Gasteiger partial charge is 0.333 e. The van der Waals surface area contributed by atoms with Crippen LogP contribution < -0.4 is 4.72 Å². The second kappa shape index (κ2) is 7.70. The Morgan fingerprint density at radius 3 is 2.24 bits per heavy atom. The van der Waals surface area contributed by atoms with E-state index in [1.165, 1.54) is 7.11 Å². The highest BCUT2D eigenvalue weighted by molar-refractivity contribution is 8.22. The Morgan fingerprint density at radius 1 is 1.33 bits per heavy atom. The zero-order valence-corrected chi connectivity index (χ0v) is 16.2. The van der Waals surface area contributed by atoms with Crippen LogP contribution >= 0.6 is 23.5 Å². The van der Waals surface area contributed by atoms with E-state index in [4.69, 9.17) is 4.74 Å². The first kappa shape index (κ1) is 19.3. The number of hydrogen-bond donors (Lipinski definition) is 1. The average molecular weight is 354 g/mol. The van der Waals surface area contributed by atoms with Gasteiger partial charge >= 0.3 is 5.97 Å². The first-order chi connectivity index (χ1) is 9.63. The van der Waals surface area contributed by atoms with Gasteiger partial charge in [0.1, 0.15) is 0 Å². The zero-order chi connectivity index (χ0) is 16.3. The third-order valence-corrected chi connectivity index (χ3v) is 8.31.